The number of rotatable bonds is 2. The molecular weight excluding hydrogens is 188 g/mol. The van der Waals surface area contributed by atoms with Gasteiger partial charge in [-0.25, -0.2) is 0 Å². The Labute approximate surface area is 88.6 Å². The molecule has 0 spiro atoms. The molecule has 1 aromatic rings. The van der Waals surface area contributed by atoms with Crippen LogP contribution in [-0.2, 0) is 4.79 Å². The summed E-state index contributed by atoms with van der Waals surface area (Å²) in [5.74, 6) is 0.263. The molecule has 0 atom stereocenters. The Kier molecular flexibility index (Phi) is 2.50. The van der Waals surface area contributed by atoms with Crippen LogP contribution < -0.4 is 0 Å². The van der Waals surface area contributed by atoms with Gasteiger partial charge in [0.2, 0.25) is 0 Å². The zero-order valence-electron chi connectivity index (χ0n) is 8.62. The lowest BCUT2D eigenvalue weighted by molar-refractivity contribution is -0.114. The third kappa shape index (κ3) is 2.04. The van der Waals surface area contributed by atoms with E-state index >= 15 is 0 Å². The molecule has 15 heavy (non-hydrogen) atoms. The van der Waals surface area contributed by atoms with Gasteiger partial charge in [-0.1, -0.05) is 24.3 Å². The molecule has 0 heterocycles. The molecule has 0 unspecified atom stereocenters. The van der Waals surface area contributed by atoms with Crippen molar-refractivity contribution in [1.29, 1.82) is 0 Å². The fraction of sp³-hybridized carbons (Fsp3) is 0.231. The van der Waals surface area contributed by atoms with Gasteiger partial charge in [0.05, 0.1) is 0 Å². The van der Waals surface area contributed by atoms with E-state index in [0.29, 0.717) is 12.0 Å². The first kappa shape index (κ1) is 9.84. The van der Waals surface area contributed by atoms with E-state index in [1.54, 1.807) is 25.1 Å². The smallest absolute Gasteiger partial charge is 0.159 e. The molecule has 0 fully saturated rings. The molecule has 0 saturated heterocycles. The number of benzene rings is 1. The molecule has 0 aliphatic heterocycles. The van der Waals surface area contributed by atoms with Crippen LogP contribution in [0.5, 0.6) is 0 Å². The Morgan fingerprint density at radius 2 is 1.80 bits per heavy atom. The molecule has 0 bridgehead atoms. The summed E-state index contributed by atoms with van der Waals surface area (Å²) in [6, 6.07) is 7.42. The topological polar surface area (TPSA) is 34.1 Å². The van der Waals surface area contributed by atoms with Gasteiger partial charge >= 0.3 is 0 Å². The Morgan fingerprint density at radius 1 is 1.13 bits per heavy atom. The number of hydrogen-bond acceptors (Lipinski definition) is 2. The highest BCUT2D eigenvalue weighted by molar-refractivity contribution is 6.02. The predicted molar refractivity (Wildman–Crippen MR) is 58.7 cm³/mol. The second kappa shape index (κ2) is 3.81. The Bertz CT molecular complexity index is 438. The first-order valence-corrected chi connectivity index (χ1v) is 5.01. The lowest BCUT2D eigenvalue weighted by atomic mass is 10.0. The van der Waals surface area contributed by atoms with Gasteiger partial charge in [0.15, 0.2) is 11.6 Å². The van der Waals surface area contributed by atoms with Gasteiger partial charge in [-0.3, -0.25) is 9.59 Å². The van der Waals surface area contributed by atoms with E-state index in [9.17, 15) is 9.59 Å². The first-order valence-electron chi connectivity index (χ1n) is 5.01. The van der Waals surface area contributed by atoms with Crippen molar-refractivity contribution in [2.45, 2.75) is 19.8 Å². The van der Waals surface area contributed by atoms with Gasteiger partial charge in [-0.05, 0) is 30.6 Å². The number of carbonyl (C=O) groups is 2. The first-order chi connectivity index (χ1) is 7.16. The minimum absolute atomic E-state index is 0.0676. The number of Topliss-reactive ketones (excluding diaryl/α,β-unsaturated/α-hetero) is 1. The highest BCUT2D eigenvalue weighted by Crippen LogP contribution is 2.25. The van der Waals surface area contributed by atoms with Crippen LogP contribution in [0.3, 0.4) is 0 Å². The van der Waals surface area contributed by atoms with Crippen molar-refractivity contribution in [3.05, 3.63) is 41.5 Å². The molecule has 0 saturated carbocycles. The van der Waals surface area contributed by atoms with E-state index in [2.05, 4.69) is 0 Å². The van der Waals surface area contributed by atoms with Gasteiger partial charge in [-0.15, -0.1) is 0 Å². The van der Waals surface area contributed by atoms with Gasteiger partial charge in [0.1, 0.15) is 0 Å². The molecule has 2 heteroatoms. The van der Waals surface area contributed by atoms with Crippen molar-refractivity contribution >= 4 is 17.1 Å². The molecule has 0 amide bonds. The summed E-state index contributed by atoms with van der Waals surface area (Å²) < 4.78 is 0. The van der Waals surface area contributed by atoms with Crippen molar-refractivity contribution in [2.24, 2.45) is 0 Å². The average Bonchev–Trinajstić information content (AvgIpc) is 2.65. The summed E-state index contributed by atoms with van der Waals surface area (Å²) in [5.41, 5.74) is 2.84. The number of carbonyl (C=O) groups excluding carboxylic acids is 2. The van der Waals surface area contributed by atoms with E-state index < -0.39 is 0 Å². The van der Waals surface area contributed by atoms with Crippen LogP contribution in [0.25, 0.3) is 5.57 Å². The number of allylic oxidation sites excluding steroid dienone is 2. The van der Waals surface area contributed by atoms with Crippen LogP contribution in [0.4, 0.5) is 0 Å². The van der Waals surface area contributed by atoms with Crippen molar-refractivity contribution in [3.8, 4) is 0 Å². The Hall–Kier alpha value is -1.70. The molecule has 1 aliphatic carbocycles. The third-order valence-corrected chi connectivity index (χ3v) is 2.64. The van der Waals surface area contributed by atoms with Crippen LogP contribution in [0.1, 0.15) is 35.7 Å². The summed E-state index contributed by atoms with van der Waals surface area (Å²) in [6.07, 6.45) is 3.13. The van der Waals surface area contributed by atoms with Crippen molar-refractivity contribution < 1.29 is 9.59 Å². The molecular formula is C13H12O2. The Morgan fingerprint density at radius 3 is 2.27 bits per heavy atom. The lowest BCUT2D eigenvalue weighted by Crippen LogP contribution is -1.91. The molecule has 1 aromatic carbocycles. The maximum atomic E-state index is 11.1. The third-order valence-electron chi connectivity index (χ3n) is 2.64. The largest absolute Gasteiger partial charge is 0.295 e. The molecule has 0 radical (unpaired) electrons. The summed E-state index contributed by atoms with van der Waals surface area (Å²) in [5, 5.41) is 0. The number of ketones is 2. The minimum Gasteiger partial charge on any atom is -0.295 e. The van der Waals surface area contributed by atoms with Crippen molar-refractivity contribution in [3.63, 3.8) is 0 Å². The van der Waals surface area contributed by atoms with Crippen LogP contribution in [0, 0.1) is 0 Å². The monoisotopic (exact) mass is 200 g/mol. The van der Waals surface area contributed by atoms with Crippen molar-refractivity contribution in [2.75, 3.05) is 0 Å². The van der Waals surface area contributed by atoms with Gasteiger partial charge < -0.3 is 0 Å². The molecule has 2 nitrogen and oxygen atoms in total. The van der Waals surface area contributed by atoms with Crippen LogP contribution in [-0.4, -0.2) is 11.6 Å². The maximum Gasteiger partial charge on any atom is 0.159 e. The molecule has 0 N–H and O–H groups in total. The second-order valence-corrected chi connectivity index (χ2v) is 3.77. The molecule has 1 aliphatic rings. The highest BCUT2D eigenvalue weighted by Gasteiger charge is 2.13. The van der Waals surface area contributed by atoms with E-state index in [4.69, 9.17) is 0 Å². The number of hydrogen-bond donors (Lipinski definition) is 0. The summed E-state index contributed by atoms with van der Waals surface area (Å²) in [4.78, 5) is 22.1. The fourth-order valence-corrected chi connectivity index (χ4v) is 1.74. The SMILES string of the molecule is CC(=O)c1ccc(C2=CC(=O)CC2)cc1. The average molecular weight is 200 g/mol. The van der Waals surface area contributed by atoms with Gasteiger partial charge in [0.25, 0.3) is 0 Å². The standard InChI is InChI=1S/C13H12O2/c1-9(14)10-2-4-11(5-3-10)12-6-7-13(15)8-12/h2-5,8H,6-7H2,1H3. The molecule has 0 aromatic heterocycles. The Balaban J connectivity index is 2.28. The lowest BCUT2D eigenvalue weighted by Gasteiger charge is -2.02. The summed E-state index contributed by atoms with van der Waals surface area (Å²) in [6.45, 7) is 1.55. The van der Waals surface area contributed by atoms with E-state index in [0.717, 1.165) is 17.6 Å². The minimum atomic E-state index is 0.0676. The zero-order chi connectivity index (χ0) is 10.8. The second-order valence-electron chi connectivity index (χ2n) is 3.77. The van der Waals surface area contributed by atoms with Crippen LogP contribution in [0.15, 0.2) is 30.3 Å². The summed E-state index contributed by atoms with van der Waals surface area (Å²) in [7, 11) is 0. The molecule has 76 valence electrons. The predicted octanol–water partition coefficient (Wildman–Crippen LogP) is 2.64. The quantitative estimate of drug-likeness (QED) is 0.688. The maximum absolute atomic E-state index is 11.1. The van der Waals surface area contributed by atoms with E-state index in [1.807, 2.05) is 12.1 Å². The summed E-state index contributed by atoms with van der Waals surface area (Å²) >= 11 is 0. The van der Waals surface area contributed by atoms with Crippen LogP contribution >= 0.6 is 0 Å². The van der Waals surface area contributed by atoms with Crippen molar-refractivity contribution in [1.82, 2.24) is 0 Å². The van der Waals surface area contributed by atoms with E-state index in [1.165, 1.54) is 0 Å². The van der Waals surface area contributed by atoms with E-state index in [-0.39, 0.29) is 11.6 Å². The highest BCUT2D eigenvalue weighted by atomic mass is 16.1. The molecule has 2 rings (SSSR count). The zero-order valence-corrected chi connectivity index (χ0v) is 8.62. The fourth-order valence-electron chi connectivity index (χ4n) is 1.74. The normalized spacial score (nSPS) is 15.3. The van der Waals surface area contributed by atoms with Gasteiger partial charge in [0, 0.05) is 12.0 Å². The van der Waals surface area contributed by atoms with Gasteiger partial charge in [-0.2, -0.15) is 0 Å². The van der Waals surface area contributed by atoms with Crippen LogP contribution in [0.2, 0.25) is 0 Å².